The van der Waals surface area contributed by atoms with Gasteiger partial charge >= 0.3 is 0 Å². The summed E-state index contributed by atoms with van der Waals surface area (Å²) in [5.41, 5.74) is 3.59. The van der Waals surface area contributed by atoms with E-state index in [0.717, 1.165) is 28.3 Å². The Morgan fingerprint density at radius 2 is 2.12 bits per heavy atom. The molecule has 24 heavy (non-hydrogen) atoms. The minimum atomic E-state index is -0.813. The number of benzene rings is 1. The standard InChI is InChI=1S/C17H24ClN5O/c1-10(2)23-17(20-4)15(11(3)19)16(22-23)12-6-5-7-13(8-12)21-14(24)9-18/h5-8,10,14,19-21,24H,9H2,1-4H3. The second-order valence-corrected chi connectivity index (χ2v) is 6.19. The molecule has 1 aromatic carbocycles. The van der Waals surface area contributed by atoms with Gasteiger partial charge in [-0.15, -0.1) is 11.6 Å². The van der Waals surface area contributed by atoms with E-state index in [2.05, 4.69) is 24.5 Å². The number of aromatic nitrogens is 2. The van der Waals surface area contributed by atoms with Gasteiger partial charge in [0.05, 0.1) is 11.4 Å². The van der Waals surface area contributed by atoms with Gasteiger partial charge in [0.25, 0.3) is 0 Å². The van der Waals surface area contributed by atoms with Gasteiger partial charge in [-0.3, -0.25) is 0 Å². The maximum absolute atomic E-state index is 9.67. The van der Waals surface area contributed by atoms with Gasteiger partial charge < -0.3 is 21.1 Å². The Morgan fingerprint density at radius 3 is 2.67 bits per heavy atom. The summed E-state index contributed by atoms with van der Waals surface area (Å²) in [7, 11) is 1.83. The maximum Gasteiger partial charge on any atom is 0.138 e. The summed E-state index contributed by atoms with van der Waals surface area (Å²) in [6, 6.07) is 7.74. The van der Waals surface area contributed by atoms with E-state index in [1.54, 1.807) is 6.92 Å². The number of hydrogen-bond donors (Lipinski definition) is 4. The number of nitrogens with zero attached hydrogens (tertiary/aromatic N) is 2. The molecule has 1 atom stereocenters. The van der Waals surface area contributed by atoms with Crippen LogP contribution in [0.3, 0.4) is 0 Å². The molecule has 0 aliphatic rings. The molecular formula is C17H24ClN5O. The maximum atomic E-state index is 9.67. The molecule has 0 spiro atoms. The fraction of sp³-hybridized carbons (Fsp3) is 0.412. The van der Waals surface area contributed by atoms with Crippen molar-refractivity contribution in [1.82, 2.24) is 9.78 Å². The van der Waals surface area contributed by atoms with Crippen LogP contribution in [-0.2, 0) is 0 Å². The third-order valence-electron chi connectivity index (χ3n) is 3.63. The van der Waals surface area contributed by atoms with Gasteiger partial charge in [-0.05, 0) is 32.9 Å². The summed E-state index contributed by atoms with van der Waals surface area (Å²) < 4.78 is 1.89. The monoisotopic (exact) mass is 349 g/mol. The second-order valence-electron chi connectivity index (χ2n) is 5.88. The number of hydrogen-bond acceptors (Lipinski definition) is 5. The van der Waals surface area contributed by atoms with Crippen LogP contribution >= 0.6 is 11.6 Å². The average molecular weight is 350 g/mol. The second kappa shape index (κ2) is 7.68. The highest BCUT2D eigenvalue weighted by molar-refractivity contribution is 6.18. The number of anilines is 2. The van der Waals surface area contributed by atoms with E-state index in [0.29, 0.717) is 5.71 Å². The molecule has 0 fully saturated rings. The van der Waals surface area contributed by atoms with Crippen LogP contribution in [-0.4, -0.2) is 39.8 Å². The largest absolute Gasteiger partial charge is 0.373 e. The molecule has 0 radical (unpaired) electrons. The Balaban J connectivity index is 2.56. The zero-order chi connectivity index (χ0) is 17.9. The summed E-state index contributed by atoms with van der Waals surface area (Å²) >= 11 is 5.64. The van der Waals surface area contributed by atoms with Crippen molar-refractivity contribution in [3.8, 4) is 11.3 Å². The summed E-state index contributed by atoms with van der Waals surface area (Å²) in [6.07, 6.45) is -0.813. The van der Waals surface area contributed by atoms with Crippen molar-refractivity contribution in [2.24, 2.45) is 0 Å². The van der Waals surface area contributed by atoms with Gasteiger partial charge in [-0.1, -0.05) is 12.1 Å². The molecule has 0 aliphatic carbocycles. The molecule has 0 amide bonds. The van der Waals surface area contributed by atoms with Crippen LogP contribution in [0.15, 0.2) is 24.3 Å². The number of halogens is 1. The van der Waals surface area contributed by atoms with Gasteiger partial charge in [0.2, 0.25) is 0 Å². The number of aliphatic hydroxyl groups is 1. The van der Waals surface area contributed by atoms with E-state index in [1.165, 1.54) is 0 Å². The SMILES string of the molecule is CNc1c(C(C)=N)c(-c2cccc(NC(O)CCl)c2)nn1C(C)C. The molecule has 1 unspecified atom stereocenters. The Kier molecular flexibility index (Phi) is 5.85. The highest BCUT2D eigenvalue weighted by Crippen LogP contribution is 2.32. The molecule has 4 N–H and O–H groups in total. The van der Waals surface area contributed by atoms with Gasteiger partial charge in [-0.25, -0.2) is 4.68 Å². The quantitative estimate of drug-likeness (QED) is 0.350. The lowest BCUT2D eigenvalue weighted by Gasteiger charge is -2.12. The number of aliphatic hydroxyl groups excluding tert-OH is 1. The smallest absolute Gasteiger partial charge is 0.138 e. The lowest BCUT2D eigenvalue weighted by atomic mass is 10.0. The van der Waals surface area contributed by atoms with Crippen LogP contribution in [0.4, 0.5) is 11.5 Å². The highest BCUT2D eigenvalue weighted by Gasteiger charge is 2.21. The van der Waals surface area contributed by atoms with Crippen molar-refractivity contribution in [1.29, 1.82) is 5.41 Å². The van der Waals surface area contributed by atoms with E-state index in [-0.39, 0.29) is 11.9 Å². The van der Waals surface area contributed by atoms with Crippen LogP contribution in [0.5, 0.6) is 0 Å². The molecule has 0 saturated carbocycles. The van der Waals surface area contributed by atoms with Gasteiger partial charge in [0.1, 0.15) is 17.7 Å². The third kappa shape index (κ3) is 3.71. The minimum Gasteiger partial charge on any atom is -0.373 e. The number of rotatable bonds is 7. The lowest BCUT2D eigenvalue weighted by Crippen LogP contribution is -2.19. The topological polar surface area (TPSA) is 86.0 Å². The van der Waals surface area contributed by atoms with Crippen molar-refractivity contribution in [2.45, 2.75) is 33.0 Å². The van der Waals surface area contributed by atoms with E-state index >= 15 is 0 Å². The minimum absolute atomic E-state index is 0.0982. The van der Waals surface area contributed by atoms with Crippen LogP contribution in [0.2, 0.25) is 0 Å². The fourth-order valence-electron chi connectivity index (χ4n) is 2.59. The molecule has 1 aromatic heterocycles. The first-order valence-electron chi connectivity index (χ1n) is 7.85. The van der Waals surface area contributed by atoms with Crippen molar-refractivity contribution in [2.75, 3.05) is 23.6 Å². The third-order valence-corrected chi connectivity index (χ3v) is 3.92. The average Bonchev–Trinajstić information content (AvgIpc) is 2.95. The molecule has 1 heterocycles. The van der Waals surface area contributed by atoms with Crippen LogP contribution in [0.1, 0.15) is 32.4 Å². The predicted molar refractivity (Wildman–Crippen MR) is 100 cm³/mol. The number of nitrogens with one attached hydrogen (secondary N) is 3. The Bertz CT molecular complexity index is 726. The van der Waals surface area contributed by atoms with Crippen molar-refractivity contribution in [3.05, 3.63) is 29.8 Å². The Labute approximate surface area is 147 Å². The summed E-state index contributed by atoms with van der Waals surface area (Å²) in [6.45, 7) is 5.86. The van der Waals surface area contributed by atoms with Gasteiger partial charge in [-0.2, -0.15) is 5.10 Å². The van der Waals surface area contributed by atoms with Crippen molar-refractivity contribution >= 4 is 28.8 Å². The summed E-state index contributed by atoms with van der Waals surface area (Å²) in [5, 5.41) is 28.6. The first kappa shape index (κ1) is 18.3. The first-order valence-corrected chi connectivity index (χ1v) is 8.39. The zero-order valence-corrected chi connectivity index (χ0v) is 15.1. The lowest BCUT2D eigenvalue weighted by molar-refractivity contribution is 0.227. The molecular weight excluding hydrogens is 326 g/mol. The molecule has 0 aliphatic heterocycles. The first-order chi connectivity index (χ1) is 11.4. The Morgan fingerprint density at radius 1 is 1.42 bits per heavy atom. The zero-order valence-electron chi connectivity index (χ0n) is 14.4. The van der Waals surface area contributed by atoms with Crippen LogP contribution in [0, 0.1) is 5.41 Å². The van der Waals surface area contributed by atoms with Crippen LogP contribution in [0.25, 0.3) is 11.3 Å². The molecule has 2 rings (SSSR count). The van der Waals surface area contributed by atoms with E-state index in [1.807, 2.05) is 36.0 Å². The summed E-state index contributed by atoms with van der Waals surface area (Å²) in [4.78, 5) is 0. The van der Waals surface area contributed by atoms with E-state index < -0.39 is 6.23 Å². The molecule has 2 aromatic rings. The Hall–Kier alpha value is -2.05. The number of alkyl halides is 1. The van der Waals surface area contributed by atoms with E-state index in [4.69, 9.17) is 22.1 Å². The van der Waals surface area contributed by atoms with Crippen molar-refractivity contribution < 1.29 is 5.11 Å². The molecule has 0 bridgehead atoms. The molecule has 6 nitrogen and oxygen atoms in total. The van der Waals surface area contributed by atoms with Crippen molar-refractivity contribution in [3.63, 3.8) is 0 Å². The molecule has 0 saturated heterocycles. The fourth-order valence-corrected chi connectivity index (χ4v) is 2.67. The molecule has 7 heteroatoms. The van der Waals surface area contributed by atoms with Gasteiger partial charge in [0, 0.05) is 30.1 Å². The predicted octanol–water partition coefficient (Wildman–Crippen LogP) is 3.53. The van der Waals surface area contributed by atoms with E-state index in [9.17, 15) is 5.11 Å². The van der Waals surface area contributed by atoms with Crippen LogP contribution < -0.4 is 10.6 Å². The van der Waals surface area contributed by atoms with Gasteiger partial charge in [0.15, 0.2) is 0 Å². The highest BCUT2D eigenvalue weighted by atomic mass is 35.5. The molecule has 130 valence electrons. The normalized spacial score (nSPS) is 12.3. The summed E-state index contributed by atoms with van der Waals surface area (Å²) in [5.74, 6) is 0.924.